The van der Waals surface area contributed by atoms with Crippen molar-refractivity contribution in [2.24, 2.45) is 0 Å². The molecule has 1 N–H and O–H groups in total. The van der Waals surface area contributed by atoms with Crippen molar-refractivity contribution in [1.29, 1.82) is 0 Å². The molecule has 0 aliphatic carbocycles. The van der Waals surface area contributed by atoms with Crippen molar-refractivity contribution in [3.05, 3.63) is 60.0 Å². The summed E-state index contributed by atoms with van der Waals surface area (Å²) in [5.74, 6) is -0.383. The number of aromatic amines is 1. The minimum absolute atomic E-state index is 0.216. The van der Waals surface area contributed by atoms with Gasteiger partial charge in [-0.1, -0.05) is 36.4 Å². The Morgan fingerprint density at radius 2 is 1.74 bits per heavy atom. The number of H-pyrrole nitrogens is 1. The SMILES string of the molecule is O=C(Cl)c1[nH]c2ccccc2c1-c1ccccc1F. The molecule has 4 heteroatoms. The van der Waals surface area contributed by atoms with Crippen molar-refractivity contribution in [1.82, 2.24) is 4.98 Å². The number of hydrogen-bond donors (Lipinski definition) is 1. The Hall–Kier alpha value is -2.13. The molecule has 0 bridgehead atoms. The van der Waals surface area contributed by atoms with E-state index in [4.69, 9.17) is 11.6 Å². The van der Waals surface area contributed by atoms with Crippen LogP contribution in [0.4, 0.5) is 4.39 Å². The van der Waals surface area contributed by atoms with Gasteiger partial charge in [0.25, 0.3) is 5.24 Å². The zero-order chi connectivity index (χ0) is 13.4. The third-order valence-corrected chi connectivity index (χ3v) is 3.23. The fourth-order valence-corrected chi connectivity index (χ4v) is 2.37. The van der Waals surface area contributed by atoms with E-state index < -0.39 is 5.24 Å². The first-order chi connectivity index (χ1) is 9.18. The molecule has 0 amide bonds. The fourth-order valence-electron chi connectivity index (χ4n) is 2.23. The first-order valence-electron chi connectivity index (χ1n) is 5.74. The fraction of sp³-hybridized carbons (Fsp3) is 0. The normalized spacial score (nSPS) is 10.8. The molecule has 1 aromatic heterocycles. The summed E-state index contributed by atoms with van der Waals surface area (Å²) in [6.45, 7) is 0. The molecular weight excluding hydrogens is 265 g/mol. The lowest BCUT2D eigenvalue weighted by Crippen LogP contribution is -1.93. The molecule has 0 saturated heterocycles. The number of fused-ring (bicyclic) bond motifs is 1. The van der Waals surface area contributed by atoms with Gasteiger partial charge in [-0.25, -0.2) is 4.39 Å². The number of nitrogens with one attached hydrogen (secondary N) is 1. The van der Waals surface area contributed by atoms with Crippen LogP contribution < -0.4 is 0 Å². The molecule has 0 radical (unpaired) electrons. The first kappa shape index (κ1) is 11.9. The van der Waals surface area contributed by atoms with E-state index in [2.05, 4.69) is 4.98 Å². The van der Waals surface area contributed by atoms with Crippen molar-refractivity contribution in [2.75, 3.05) is 0 Å². The van der Waals surface area contributed by atoms with E-state index in [0.717, 1.165) is 10.9 Å². The van der Waals surface area contributed by atoms with Crippen LogP contribution in [-0.2, 0) is 0 Å². The largest absolute Gasteiger partial charge is 0.351 e. The summed E-state index contributed by atoms with van der Waals surface area (Å²) in [7, 11) is 0. The van der Waals surface area contributed by atoms with Gasteiger partial charge in [0.2, 0.25) is 0 Å². The summed E-state index contributed by atoms with van der Waals surface area (Å²) in [6.07, 6.45) is 0. The van der Waals surface area contributed by atoms with Crippen LogP contribution >= 0.6 is 11.6 Å². The molecule has 0 unspecified atom stereocenters. The molecule has 0 atom stereocenters. The molecule has 0 aliphatic rings. The molecule has 0 aliphatic heterocycles. The summed E-state index contributed by atoms with van der Waals surface area (Å²) in [6, 6.07) is 13.7. The maximum absolute atomic E-state index is 14.0. The van der Waals surface area contributed by atoms with Gasteiger partial charge in [0.15, 0.2) is 0 Å². The minimum atomic E-state index is -0.630. The lowest BCUT2D eigenvalue weighted by Gasteiger charge is -2.03. The van der Waals surface area contributed by atoms with Crippen LogP contribution in [0.5, 0.6) is 0 Å². The number of carbonyl (C=O) groups excluding carboxylic acids is 1. The van der Waals surface area contributed by atoms with Gasteiger partial charge in [-0.2, -0.15) is 0 Å². The average molecular weight is 274 g/mol. The highest BCUT2D eigenvalue weighted by atomic mass is 35.5. The van der Waals surface area contributed by atoms with Crippen molar-refractivity contribution >= 4 is 27.7 Å². The van der Waals surface area contributed by atoms with E-state index in [0.29, 0.717) is 11.1 Å². The van der Waals surface area contributed by atoms with Gasteiger partial charge < -0.3 is 4.98 Å². The Kier molecular flexibility index (Phi) is 2.84. The standard InChI is InChI=1S/C15H9ClFNO/c16-15(19)14-13(9-5-1-3-7-11(9)17)10-6-2-4-8-12(10)18-14/h1-8,18H. The van der Waals surface area contributed by atoms with E-state index >= 15 is 0 Å². The zero-order valence-electron chi connectivity index (χ0n) is 9.78. The molecule has 0 fully saturated rings. The lowest BCUT2D eigenvalue weighted by atomic mass is 10.0. The monoisotopic (exact) mass is 273 g/mol. The van der Waals surface area contributed by atoms with Crippen molar-refractivity contribution in [3.8, 4) is 11.1 Å². The maximum Gasteiger partial charge on any atom is 0.269 e. The van der Waals surface area contributed by atoms with E-state index in [1.807, 2.05) is 24.3 Å². The highest BCUT2D eigenvalue weighted by molar-refractivity contribution is 6.68. The molecule has 0 saturated carbocycles. The Morgan fingerprint density at radius 3 is 2.47 bits per heavy atom. The van der Waals surface area contributed by atoms with Crippen LogP contribution in [0.1, 0.15) is 10.5 Å². The second-order valence-corrected chi connectivity index (χ2v) is 4.52. The van der Waals surface area contributed by atoms with Crippen LogP contribution in [0.15, 0.2) is 48.5 Å². The van der Waals surface area contributed by atoms with Gasteiger partial charge >= 0.3 is 0 Å². The molecule has 19 heavy (non-hydrogen) atoms. The summed E-state index contributed by atoms with van der Waals surface area (Å²) >= 11 is 5.59. The summed E-state index contributed by atoms with van der Waals surface area (Å²) in [5, 5.41) is 0.144. The molecule has 0 spiro atoms. The number of hydrogen-bond acceptors (Lipinski definition) is 1. The number of para-hydroxylation sites is 1. The van der Waals surface area contributed by atoms with E-state index in [1.54, 1.807) is 18.2 Å². The molecule has 3 rings (SSSR count). The third kappa shape index (κ3) is 1.92. The molecule has 3 aromatic rings. The molecule has 1 heterocycles. The lowest BCUT2D eigenvalue weighted by molar-refractivity contribution is 0.107. The van der Waals surface area contributed by atoms with E-state index in [1.165, 1.54) is 6.07 Å². The first-order valence-corrected chi connectivity index (χ1v) is 6.11. The van der Waals surface area contributed by atoms with Crippen LogP contribution in [0, 0.1) is 5.82 Å². The Morgan fingerprint density at radius 1 is 1.05 bits per heavy atom. The highest BCUT2D eigenvalue weighted by Gasteiger charge is 2.19. The zero-order valence-corrected chi connectivity index (χ0v) is 10.5. The van der Waals surface area contributed by atoms with Crippen molar-refractivity contribution in [2.45, 2.75) is 0 Å². The Bertz CT molecular complexity index is 779. The predicted molar refractivity (Wildman–Crippen MR) is 73.9 cm³/mol. The van der Waals surface area contributed by atoms with Crippen molar-refractivity contribution < 1.29 is 9.18 Å². The average Bonchev–Trinajstić information content (AvgIpc) is 2.79. The molecule has 2 aromatic carbocycles. The minimum Gasteiger partial charge on any atom is -0.351 e. The quantitative estimate of drug-likeness (QED) is 0.692. The summed E-state index contributed by atoms with van der Waals surface area (Å²) < 4.78 is 14.0. The van der Waals surface area contributed by atoms with Crippen LogP contribution in [-0.4, -0.2) is 10.2 Å². The van der Waals surface area contributed by atoms with Gasteiger partial charge in [0.05, 0.1) is 0 Å². The summed E-state index contributed by atoms with van der Waals surface area (Å²) in [5.41, 5.74) is 1.84. The third-order valence-electron chi connectivity index (χ3n) is 3.05. The second kappa shape index (κ2) is 4.52. The van der Waals surface area contributed by atoms with Gasteiger partial charge in [-0.15, -0.1) is 0 Å². The van der Waals surface area contributed by atoms with Crippen LogP contribution in [0.2, 0.25) is 0 Å². The topological polar surface area (TPSA) is 32.9 Å². The predicted octanol–water partition coefficient (Wildman–Crippen LogP) is 4.35. The van der Waals surface area contributed by atoms with Crippen molar-refractivity contribution in [3.63, 3.8) is 0 Å². The van der Waals surface area contributed by atoms with Gasteiger partial charge in [0, 0.05) is 22.0 Å². The Balaban J connectivity index is 2.42. The van der Waals surface area contributed by atoms with Gasteiger partial charge in [0.1, 0.15) is 11.5 Å². The Labute approximate surface area is 113 Å². The number of halogens is 2. The van der Waals surface area contributed by atoms with Crippen LogP contribution in [0.25, 0.3) is 22.0 Å². The van der Waals surface area contributed by atoms with E-state index in [9.17, 15) is 9.18 Å². The second-order valence-electron chi connectivity index (χ2n) is 4.17. The van der Waals surface area contributed by atoms with Crippen LogP contribution in [0.3, 0.4) is 0 Å². The highest BCUT2D eigenvalue weighted by Crippen LogP contribution is 2.34. The number of carbonyl (C=O) groups is 1. The number of aromatic nitrogens is 1. The smallest absolute Gasteiger partial charge is 0.269 e. The van der Waals surface area contributed by atoms with Gasteiger partial charge in [-0.3, -0.25) is 4.79 Å². The number of rotatable bonds is 2. The molecular formula is C15H9ClFNO. The molecule has 94 valence electrons. The van der Waals surface area contributed by atoms with E-state index in [-0.39, 0.29) is 11.5 Å². The maximum atomic E-state index is 14.0. The summed E-state index contributed by atoms with van der Waals surface area (Å²) in [4.78, 5) is 14.5. The molecule has 2 nitrogen and oxygen atoms in total. The number of benzene rings is 2. The van der Waals surface area contributed by atoms with Gasteiger partial charge in [-0.05, 0) is 23.7 Å².